The number of ether oxygens (including phenoxy) is 1. The van der Waals surface area contributed by atoms with Crippen LogP contribution >= 0.6 is 0 Å². The van der Waals surface area contributed by atoms with Gasteiger partial charge in [-0.25, -0.2) is 4.79 Å². The van der Waals surface area contributed by atoms with Crippen LogP contribution in [0.1, 0.15) is 45.4 Å². The van der Waals surface area contributed by atoms with Gasteiger partial charge in [-0.2, -0.15) is 0 Å². The first-order valence-electron chi connectivity index (χ1n) is 8.26. The molecule has 0 aromatic rings. The summed E-state index contributed by atoms with van der Waals surface area (Å²) in [6, 6.07) is 0.536. The lowest BCUT2D eigenvalue weighted by atomic mass is 9.91. The maximum absolute atomic E-state index is 12.5. The number of methoxy groups -OCH3 is 1. The molecule has 3 saturated carbocycles. The zero-order valence-corrected chi connectivity index (χ0v) is 12.9. The van der Waals surface area contributed by atoms with Gasteiger partial charge in [0.05, 0.1) is 7.11 Å². The average Bonchev–Trinajstić information content (AvgIpc) is 3.29. The van der Waals surface area contributed by atoms with Gasteiger partial charge in [0.2, 0.25) is 0 Å². The largest absolute Gasteiger partial charge is 0.468 e. The van der Waals surface area contributed by atoms with Crippen molar-refractivity contribution in [3.05, 3.63) is 0 Å². The van der Waals surface area contributed by atoms with Gasteiger partial charge >= 0.3 is 5.97 Å². The molecule has 0 bridgehead atoms. The van der Waals surface area contributed by atoms with Gasteiger partial charge in [0.25, 0.3) is 0 Å². The molecule has 3 fully saturated rings. The van der Waals surface area contributed by atoms with Crippen molar-refractivity contribution >= 4 is 5.97 Å². The maximum atomic E-state index is 12.5. The quantitative estimate of drug-likeness (QED) is 0.654. The Hall–Kier alpha value is -0.610. The Morgan fingerprint density at radius 2 is 1.95 bits per heavy atom. The second-order valence-corrected chi connectivity index (χ2v) is 6.93. The van der Waals surface area contributed by atoms with Gasteiger partial charge in [-0.15, -0.1) is 0 Å². The summed E-state index contributed by atoms with van der Waals surface area (Å²) in [4.78, 5) is 15.0. The first-order chi connectivity index (χ1) is 9.68. The topological polar surface area (TPSA) is 41.6 Å². The van der Waals surface area contributed by atoms with E-state index in [1.807, 2.05) is 0 Å². The van der Waals surface area contributed by atoms with Crippen LogP contribution in [0.4, 0.5) is 0 Å². The molecule has 1 N–H and O–H groups in total. The molecule has 0 saturated heterocycles. The highest BCUT2D eigenvalue weighted by Gasteiger charge is 2.54. The number of hydrogen-bond acceptors (Lipinski definition) is 4. The minimum atomic E-state index is -0.444. The van der Waals surface area contributed by atoms with Gasteiger partial charge in [-0.05, 0) is 56.9 Å². The van der Waals surface area contributed by atoms with Crippen molar-refractivity contribution in [1.82, 2.24) is 10.2 Å². The fourth-order valence-electron chi connectivity index (χ4n) is 3.26. The number of carbonyl (C=O) groups excluding carboxylic acids is 1. The fraction of sp³-hybridized carbons (Fsp3) is 0.938. The summed E-state index contributed by atoms with van der Waals surface area (Å²) < 4.78 is 5.18. The number of carbonyl (C=O) groups is 1. The van der Waals surface area contributed by atoms with Crippen LogP contribution in [0.3, 0.4) is 0 Å². The summed E-state index contributed by atoms with van der Waals surface area (Å²) in [6.07, 6.45) is 7.47. The highest BCUT2D eigenvalue weighted by atomic mass is 16.5. The molecule has 3 rings (SSSR count). The zero-order valence-electron chi connectivity index (χ0n) is 12.9. The molecule has 4 heteroatoms. The Morgan fingerprint density at radius 3 is 2.40 bits per heavy atom. The van der Waals surface area contributed by atoms with Gasteiger partial charge in [0, 0.05) is 19.1 Å². The maximum Gasteiger partial charge on any atom is 0.327 e. The minimum absolute atomic E-state index is 0.0406. The Kier molecular flexibility index (Phi) is 4.04. The van der Waals surface area contributed by atoms with Gasteiger partial charge in [0.15, 0.2) is 0 Å². The summed E-state index contributed by atoms with van der Waals surface area (Å²) in [6.45, 7) is 5.20. The predicted octanol–water partition coefficient (Wildman–Crippen LogP) is 1.79. The van der Waals surface area contributed by atoms with Crippen LogP contribution in [0, 0.1) is 11.8 Å². The molecule has 4 nitrogen and oxygen atoms in total. The van der Waals surface area contributed by atoms with E-state index in [0.717, 1.165) is 38.4 Å². The third-order valence-corrected chi connectivity index (χ3v) is 5.00. The molecule has 0 radical (unpaired) electrons. The van der Waals surface area contributed by atoms with Crippen molar-refractivity contribution in [3.8, 4) is 0 Å². The summed E-state index contributed by atoms with van der Waals surface area (Å²) in [5.41, 5.74) is -0.444. The molecule has 0 amide bonds. The lowest BCUT2D eigenvalue weighted by Gasteiger charge is -2.37. The molecule has 0 spiro atoms. The number of esters is 1. The molecule has 20 heavy (non-hydrogen) atoms. The van der Waals surface area contributed by atoms with Crippen LogP contribution in [-0.4, -0.2) is 49.2 Å². The third-order valence-electron chi connectivity index (χ3n) is 5.00. The van der Waals surface area contributed by atoms with Crippen molar-refractivity contribution in [2.75, 3.05) is 26.7 Å². The summed E-state index contributed by atoms with van der Waals surface area (Å²) in [5, 5.41) is 3.66. The van der Waals surface area contributed by atoms with Crippen molar-refractivity contribution in [1.29, 1.82) is 0 Å². The highest BCUT2D eigenvalue weighted by molar-refractivity contribution is 5.82. The van der Waals surface area contributed by atoms with E-state index in [-0.39, 0.29) is 5.97 Å². The van der Waals surface area contributed by atoms with Crippen LogP contribution in [0.2, 0.25) is 0 Å². The van der Waals surface area contributed by atoms with E-state index in [1.165, 1.54) is 32.8 Å². The molecule has 0 aromatic heterocycles. The standard InChI is InChI=1S/C16H28N2O2/c1-3-18(10-12-4-5-12)11-16(13-6-7-13,15(19)20-2)17-14-8-9-14/h12-14,17H,3-11H2,1-2H3. The number of likely N-dealkylation sites (N-methyl/N-ethyl adjacent to an activating group) is 1. The zero-order chi connectivity index (χ0) is 14.2. The van der Waals surface area contributed by atoms with Gasteiger partial charge in [0.1, 0.15) is 5.54 Å². The predicted molar refractivity (Wildman–Crippen MR) is 78.5 cm³/mol. The number of nitrogens with zero attached hydrogens (tertiary/aromatic N) is 1. The Labute approximate surface area is 122 Å². The van der Waals surface area contributed by atoms with E-state index in [0.29, 0.717) is 12.0 Å². The summed E-state index contributed by atoms with van der Waals surface area (Å²) in [7, 11) is 1.53. The van der Waals surface area contributed by atoms with Crippen LogP contribution in [0.15, 0.2) is 0 Å². The van der Waals surface area contributed by atoms with Crippen molar-refractivity contribution in [3.63, 3.8) is 0 Å². The lowest BCUT2D eigenvalue weighted by Crippen LogP contribution is -2.62. The molecular formula is C16H28N2O2. The molecule has 1 unspecified atom stereocenters. The smallest absolute Gasteiger partial charge is 0.327 e. The number of hydrogen-bond donors (Lipinski definition) is 1. The van der Waals surface area contributed by atoms with Gasteiger partial charge in [-0.1, -0.05) is 6.92 Å². The summed E-state index contributed by atoms with van der Waals surface area (Å²) in [5.74, 6) is 1.30. The van der Waals surface area contributed by atoms with Crippen LogP contribution in [0.25, 0.3) is 0 Å². The van der Waals surface area contributed by atoms with E-state index in [4.69, 9.17) is 4.74 Å². The Morgan fingerprint density at radius 1 is 1.25 bits per heavy atom. The lowest BCUT2D eigenvalue weighted by molar-refractivity contribution is -0.151. The molecule has 0 aromatic carbocycles. The molecule has 3 aliphatic carbocycles. The average molecular weight is 280 g/mol. The fourth-order valence-corrected chi connectivity index (χ4v) is 3.26. The first kappa shape index (κ1) is 14.3. The molecule has 114 valence electrons. The molecule has 3 aliphatic rings. The second-order valence-electron chi connectivity index (χ2n) is 6.93. The van der Waals surface area contributed by atoms with Crippen molar-refractivity contribution in [2.24, 2.45) is 11.8 Å². The molecular weight excluding hydrogens is 252 g/mol. The molecule has 0 heterocycles. The van der Waals surface area contributed by atoms with Gasteiger partial charge < -0.3 is 9.64 Å². The second kappa shape index (κ2) is 5.64. The van der Waals surface area contributed by atoms with Crippen LogP contribution in [0.5, 0.6) is 0 Å². The third kappa shape index (κ3) is 3.17. The van der Waals surface area contributed by atoms with E-state index in [9.17, 15) is 4.79 Å². The minimum Gasteiger partial charge on any atom is -0.468 e. The number of rotatable bonds is 9. The normalized spacial score (nSPS) is 25.6. The first-order valence-corrected chi connectivity index (χ1v) is 8.26. The Balaban J connectivity index is 1.72. The Bertz CT molecular complexity index is 361. The van der Waals surface area contributed by atoms with E-state index >= 15 is 0 Å². The van der Waals surface area contributed by atoms with Crippen molar-refractivity contribution in [2.45, 2.75) is 57.0 Å². The van der Waals surface area contributed by atoms with E-state index in [1.54, 1.807) is 0 Å². The van der Waals surface area contributed by atoms with Crippen LogP contribution < -0.4 is 5.32 Å². The van der Waals surface area contributed by atoms with E-state index in [2.05, 4.69) is 17.1 Å². The summed E-state index contributed by atoms with van der Waals surface area (Å²) >= 11 is 0. The SMILES string of the molecule is CCN(CC1CC1)CC(NC1CC1)(C(=O)OC)C1CC1. The monoisotopic (exact) mass is 280 g/mol. The van der Waals surface area contributed by atoms with E-state index < -0.39 is 5.54 Å². The molecule has 1 atom stereocenters. The van der Waals surface area contributed by atoms with Crippen molar-refractivity contribution < 1.29 is 9.53 Å². The molecule has 0 aliphatic heterocycles. The number of nitrogens with one attached hydrogen (secondary N) is 1. The van der Waals surface area contributed by atoms with Gasteiger partial charge in [-0.3, -0.25) is 5.32 Å². The van der Waals surface area contributed by atoms with Crippen LogP contribution in [-0.2, 0) is 9.53 Å². The highest BCUT2D eigenvalue weighted by Crippen LogP contribution is 2.43.